The summed E-state index contributed by atoms with van der Waals surface area (Å²) in [6.07, 6.45) is 5.34. The third-order valence-corrected chi connectivity index (χ3v) is 5.66. The van der Waals surface area contributed by atoms with E-state index in [-0.39, 0.29) is 12.3 Å². The van der Waals surface area contributed by atoms with Gasteiger partial charge < -0.3 is 5.11 Å². The van der Waals surface area contributed by atoms with Crippen LogP contribution in [0.3, 0.4) is 0 Å². The van der Waals surface area contributed by atoms with Crippen molar-refractivity contribution in [2.45, 2.75) is 44.6 Å². The van der Waals surface area contributed by atoms with Gasteiger partial charge in [-0.25, -0.2) is 13.1 Å². The molecular weight excluding hydrogens is 286 g/mol. The second kappa shape index (κ2) is 7.92. The van der Waals surface area contributed by atoms with Crippen molar-refractivity contribution in [2.24, 2.45) is 5.92 Å². The van der Waals surface area contributed by atoms with Gasteiger partial charge in [-0.1, -0.05) is 49.6 Å². The predicted molar refractivity (Wildman–Crippen MR) is 84.4 cm³/mol. The van der Waals surface area contributed by atoms with E-state index in [0.29, 0.717) is 12.3 Å². The van der Waals surface area contributed by atoms with E-state index in [1.165, 1.54) is 6.42 Å². The van der Waals surface area contributed by atoms with E-state index >= 15 is 0 Å². The molecule has 0 heterocycles. The topological polar surface area (TPSA) is 66.4 Å². The van der Waals surface area contributed by atoms with Crippen LogP contribution in [0.5, 0.6) is 0 Å². The summed E-state index contributed by atoms with van der Waals surface area (Å²) < 4.78 is 26.7. The summed E-state index contributed by atoms with van der Waals surface area (Å²) >= 11 is 0. The smallest absolute Gasteiger partial charge is 0.211 e. The first-order chi connectivity index (χ1) is 10.1. The van der Waals surface area contributed by atoms with Crippen LogP contribution in [0.25, 0.3) is 0 Å². The van der Waals surface area contributed by atoms with Crippen molar-refractivity contribution in [1.82, 2.24) is 4.72 Å². The number of rotatable bonds is 7. The zero-order valence-corrected chi connectivity index (χ0v) is 13.2. The van der Waals surface area contributed by atoms with Gasteiger partial charge in [-0.3, -0.25) is 0 Å². The molecule has 0 amide bonds. The average Bonchev–Trinajstić information content (AvgIpc) is 2.48. The maximum absolute atomic E-state index is 12.0. The normalized spacial score (nSPS) is 18.5. The van der Waals surface area contributed by atoms with Crippen LogP contribution in [0.1, 0.15) is 50.2 Å². The molecule has 0 aromatic heterocycles. The lowest BCUT2D eigenvalue weighted by molar-refractivity contribution is 0.169. The van der Waals surface area contributed by atoms with Crippen molar-refractivity contribution in [3.63, 3.8) is 0 Å². The molecule has 1 aromatic carbocycles. The molecule has 0 spiro atoms. The van der Waals surface area contributed by atoms with Crippen LogP contribution in [0.4, 0.5) is 0 Å². The zero-order valence-electron chi connectivity index (χ0n) is 12.4. The minimum Gasteiger partial charge on any atom is -0.388 e. The van der Waals surface area contributed by atoms with Crippen LogP contribution in [-0.2, 0) is 10.0 Å². The Morgan fingerprint density at radius 1 is 1.14 bits per heavy atom. The highest BCUT2D eigenvalue weighted by Gasteiger charge is 2.21. The number of hydrogen-bond donors (Lipinski definition) is 2. The Hall–Kier alpha value is -0.910. The van der Waals surface area contributed by atoms with Gasteiger partial charge in [-0.05, 0) is 30.7 Å². The van der Waals surface area contributed by atoms with Crippen molar-refractivity contribution in [3.05, 3.63) is 35.9 Å². The van der Waals surface area contributed by atoms with E-state index in [1.54, 1.807) is 0 Å². The van der Waals surface area contributed by atoms with Crippen LogP contribution in [0, 0.1) is 5.92 Å². The van der Waals surface area contributed by atoms with E-state index in [1.807, 2.05) is 30.3 Å². The second-order valence-electron chi connectivity index (χ2n) is 5.89. The molecule has 1 aliphatic rings. The van der Waals surface area contributed by atoms with E-state index in [9.17, 15) is 13.5 Å². The van der Waals surface area contributed by atoms with Crippen LogP contribution in [-0.4, -0.2) is 25.8 Å². The number of benzene rings is 1. The van der Waals surface area contributed by atoms with Gasteiger partial charge in [0.15, 0.2) is 0 Å². The van der Waals surface area contributed by atoms with Crippen molar-refractivity contribution >= 4 is 10.0 Å². The molecule has 5 heteroatoms. The molecule has 2 N–H and O–H groups in total. The third-order valence-electron chi connectivity index (χ3n) is 4.10. The van der Waals surface area contributed by atoms with Crippen molar-refractivity contribution in [2.75, 3.05) is 12.3 Å². The standard InChI is InChI=1S/C16H25NO3S/c18-16(15-9-5-2-6-10-15)11-12-17-21(19,20)13-14-7-3-1-4-8-14/h2,5-6,9-10,14,16-18H,1,3-4,7-8,11-13H2. The van der Waals surface area contributed by atoms with Gasteiger partial charge >= 0.3 is 0 Å². The third kappa shape index (κ3) is 5.77. The summed E-state index contributed by atoms with van der Waals surface area (Å²) in [4.78, 5) is 0. The Balaban J connectivity index is 1.74. The quantitative estimate of drug-likeness (QED) is 0.813. The van der Waals surface area contributed by atoms with Gasteiger partial charge in [0.25, 0.3) is 0 Å². The molecule has 0 saturated heterocycles. The molecule has 118 valence electrons. The zero-order chi connectivity index (χ0) is 15.1. The predicted octanol–water partition coefficient (Wildman–Crippen LogP) is 2.61. The highest BCUT2D eigenvalue weighted by Crippen LogP contribution is 2.24. The van der Waals surface area contributed by atoms with Crippen LogP contribution >= 0.6 is 0 Å². The summed E-state index contributed by atoms with van der Waals surface area (Å²) in [5.74, 6) is 0.532. The summed E-state index contributed by atoms with van der Waals surface area (Å²) in [6.45, 7) is 0.283. The van der Waals surface area contributed by atoms with Crippen molar-refractivity contribution in [1.29, 1.82) is 0 Å². The maximum atomic E-state index is 12.0. The number of aliphatic hydroxyl groups is 1. The van der Waals surface area contributed by atoms with Crippen LogP contribution < -0.4 is 4.72 Å². The minimum absolute atomic E-state index is 0.231. The van der Waals surface area contributed by atoms with Gasteiger partial charge in [-0.15, -0.1) is 0 Å². The Morgan fingerprint density at radius 3 is 2.48 bits per heavy atom. The molecule has 1 saturated carbocycles. The molecule has 2 rings (SSSR count). The first-order valence-electron chi connectivity index (χ1n) is 7.77. The number of sulfonamides is 1. The van der Waals surface area contributed by atoms with Gasteiger partial charge in [0.05, 0.1) is 11.9 Å². The lowest BCUT2D eigenvalue weighted by Crippen LogP contribution is -2.32. The lowest BCUT2D eigenvalue weighted by atomic mass is 9.91. The molecule has 21 heavy (non-hydrogen) atoms. The lowest BCUT2D eigenvalue weighted by Gasteiger charge is -2.21. The van der Waals surface area contributed by atoms with Gasteiger partial charge in [0.2, 0.25) is 10.0 Å². The van der Waals surface area contributed by atoms with Crippen molar-refractivity contribution in [3.8, 4) is 0 Å². The van der Waals surface area contributed by atoms with E-state index in [4.69, 9.17) is 0 Å². The molecule has 1 aromatic rings. The van der Waals surface area contributed by atoms with Crippen molar-refractivity contribution < 1.29 is 13.5 Å². The minimum atomic E-state index is -3.22. The first kappa shape index (κ1) is 16.5. The first-order valence-corrected chi connectivity index (χ1v) is 9.42. The average molecular weight is 311 g/mol. The summed E-state index contributed by atoms with van der Waals surface area (Å²) in [5, 5.41) is 10.0. The summed E-state index contributed by atoms with van der Waals surface area (Å²) in [7, 11) is -3.22. The number of aliphatic hydroxyl groups excluding tert-OH is 1. The highest BCUT2D eigenvalue weighted by molar-refractivity contribution is 7.89. The maximum Gasteiger partial charge on any atom is 0.211 e. The second-order valence-corrected chi connectivity index (χ2v) is 7.75. The SMILES string of the molecule is O=S(=O)(CC1CCCCC1)NCCC(O)c1ccccc1. The Labute approximate surface area is 127 Å². The summed E-state index contributed by atoms with van der Waals surface area (Å²) in [6, 6.07) is 9.32. The Morgan fingerprint density at radius 2 is 1.81 bits per heavy atom. The molecule has 1 atom stereocenters. The molecule has 0 aliphatic heterocycles. The van der Waals surface area contributed by atoms with Gasteiger partial charge in [-0.2, -0.15) is 0 Å². The molecule has 0 radical (unpaired) electrons. The van der Waals surface area contributed by atoms with Crippen LogP contribution in [0.2, 0.25) is 0 Å². The molecule has 1 fully saturated rings. The van der Waals surface area contributed by atoms with Gasteiger partial charge in [0.1, 0.15) is 0 Å². The van der Waals surface area contributed by atoms with E-state index < -0.39 is 16.1 Å². The number of hydrogen-bond acceptors (Lipinski definition) is 3. The Kier molecular flexibility index (Phi) is 6.21. The largest absolute Gasteiger partial charge is 0.388 e. The Bertz CT molecular complexity index is 510. The molecule has 4 nitrogen and oxygen atoms in total. The fourth-order valence-corrected chi connectivity index (χ4v) is 4.42. The molecule has 0 bridgehead atoms. The summed E-state index contributed by atoms with van der Waals surface area (Å²) in [5.41, 5.74) is 0.823. The molecule has 1 unspecified atom stereocenters. The molecule has 1 aliphatic carbocycles. The van der Waals surface area contributed by atoms with Gasteiger partial charge in [0, 0.05) is 6.54 Å². The highest BCUT2D eigenvalue weighted by atomic mass is 32.2. The monoisotopic (exact) mass is 311 g/mol. The fraction of sp³-hybridized carbons (Fsp3) is 0.625. The fourth-order valence-electron chi connectivity index (χ4n) is 2.92. The molecular formula is C16H25NO3S. The number of nitrogens with one attached hydrogen (secondary N) is 1. The van der Waals surface area contributed by atoms with E-state index in [2.05, 4.69) is 4.72 Å². The van der Waals surface area contributed by atoms with E-state index in [0.717, 1.165) is 31.2 Å². The van der Waals surface area contributed by atoms with Crippen LogP contribution in [0.15, 0.2) is 30.3 Å².